The molecule has 0 bridgehead atoms. The van der Waals surface area contributed by atoms with Crippen LogP contribution in [0.3, 0.4) is 0 Å². The van der Waals surface area contributed by atoms with Crippen molar-refractivity contribution in [2.75, 3.05) is 17.2 Å². The van der Waals surface area contributed by atoms with E-state index in [0.717, 1.165) is 0 Å². The third-order valence-corrected chi connectivity index (χ3v) is 3.07. The van der Waals surface area contributed by atoms with E-state index < -0.39 is 6.03 Å². The van der Waals surface area contributed by atoms with Crippen LogP contribution in [-0.4, -0.2) is 32.2 Å². The molecule has 0 spiro atoms. The first kappa shape index (κ1) is 15.5. The highest BCUT2D eigenvalue weighted by Crippen LogP contribution is 2.23. The molecule has 0 saturated heterocycles. The van der Waals surface area contributed by atoms with Crippen molar-refractivity contribution in [2.24, 2.45) is 0 Å². The number of carbonyl (C=O) groups excluding carboxylic acids is 1. The number of nitrogens with zero attached hydrogens (tertiary/aromatic N) is 4. The van der Waals surface area contributed by atoms with E-state index in [0.29, 0.717) is 29.7 Å². The minimum Gasteiger partial charge on any atom is -0.492 e. The highest BCUT2D eigenvalue weighted by Gasteiger charge is 2.08. The summed E-state index contributed by atoms with van der Waals surface area (Å²) >= 11 is 0. The maximum atomic E-state index is 12.1. The molecule has 1 aromatic carbocycles. The van der Waals surface area contributed by atoms with E-state index in [1.807, 2.05) is 19.1 Å². The predicted molar refractivity (Wildman–Crippen MR) is 89.4 cm³/mol. The van der Waals surface area contributed by atoms with E-state index >= 15 is 0 Å². The van der Waals surface area contributed by atoms with Crippen LogP contribution in [0, 0.1) is 0 Å². The van der Waals surface area contributed by atoms with Crippen molar-refractivity contribution in [1.29, 1.82) is 0 Å². The number of benzene rings is 1. The van der Waals surface area contributed by atoms with Gasteiger partial charge in [0.2, 0.25) is 5.95 Å². The smallest absolute Gasteiger partial charge is 0.323 e. The van der Waals surface area contributed by atoms with Crippen LogP contribution in [0.25, 0.3) is 5.95 Å². The van der Waals surface area contributed by atoms with E-state index in [9.17, 15) is 4.79 Å². The van der Waals surface area contributed by atoms with E-state index in [2.05, 4.69) is 25.6 Å². The van der Waals surface area contributed by atoms with Gasteiger partial charge < -0.3 is 15.4 Å². The summed E-state index contributed by atoms with van der Waals surface area (Å²) < 4.78 is 7.14. The van der Waals surface area contributed by atoms with E-state index in [4.69, 9.17) is 4.74 Å². The second kappa shape index (κ2) is 7.23. The molecule has 122 valence electrons. The number of nitrogens with one attached hydrogen (secondary N) is 2. The molecule has 2 amide bonds. The maximum absolute atomic E-state index is 12.1. The van der Waals surface area contributed by atoms with Crippen molar-refractivity contribution < 1.29 is 9.53 Å². The first-order valence-electron chi connectivity index (χ1n) is 7.36. The van der Waals surface area contributed by atoms with Gasteiger partial charge in [0.05, 0.1) is 30.4 Å². The molecule has 0 atom stereocenters. The lowest BCUT2D eigenvalue weighted by molar-refractivity contribution is 0.262. The second-order valence-electron chi connectivity index (χ2n) is 4.75. The molecule has 0 fully saturated rings. The Hall–Kier alpha value is -3.42. The molecule has 2 N–H and O–H groups in total. The van der Waals surface area contributed by atoms with Crippen LogP contribution < -0.4 is 15.4 Å². The summed E-state index contributed by atoms with van der Waals surface area (Å²) in [5.74, 6) is 1.09. The molecule has 0 saturated carbocycles. The normalized spacial score (nSPS) is 10.2. The lowest BCUT2D eigenvalue weighted by Gasteiger charge is -2.12. The zero-order valence-corrected chi connectivity index (χ0v) is 13.0. The molecule has 3 rings (SSSR count). The number of carbonyl (C=O) groups is 1. The average molecular weight is 324 g/mol. The highest BCUT2D eigenvalue weighted by atomic mass is 16.5. The summed E-state index contributed by atoms with van der Waals surface area (Å²) in [6.45, 7) is 2.40. The standard InChI is InChI=1S/C16H16N6O2/c1-2-24-14-6-4-3-5-13(14)21-16(23)20-12-9-18-15(19-10-12)22-8-7-17-11-22/h3-11H,2H2,1H3,(H2,20,21,23). The SMILES string of the molecule is CCOc1ccccc1NC(=O)Nc1cnc(-n2ccnc2)nc1. The number of aromatic nitrogens is 4. The van der Waals surface area contributed by atoms with Gasteiger partial charge in [0.1, 0.15) is 12.1 Å². The molecule has 2 aromatic heterocycles. The van der Waals surface area contributed by atoms with Gasteiger partial charge >= 0.3 is 6.03 Å². The lowest BCUT2D eigenvalue weighted by Crippen LogP contribution is -2.20. The van der Waals surface area contributed by atoms with Crippen molar-refractivity contribution in [2.45, 2.75) is 6.92 Å². The van der Waals surface area contributed by atoms with Gasteiger partial charge in [-0.1, -0.05) is 12.1 Å². The Morgan fingerprint density at radius 2 is 2.00 bits per heavy atom. The van der Waals surface area contributed by atoms with Crippen molar-refractivity contribution in [3.8, 4) is 11.7 Å². The third-order valence-electron chi connectivity index (χ3n) is 3.07. The monoisotopic (exact) mass is 324 g/mol. The van der Waals surface area contributed by atoms with Gasteiger partial charge in [0.25, 0.3) is 0 Å². The molecule has 0 unspecified atom stereocenters. The number of amides is 2. The molecule has 0 aliphatic carbocycles. The van der Waals surface area contributed by atoms with E-state index in [1.54, 1.807) is 35.4 Å². The van der Waals surface area contributed by atoms with Gasteiger partial charge in [-0.15, -0.1) is 0 Å². The Bertz CT molecular complexity index is 802. The Labute approximate surface area is 138 Å². The second-order valence-corrected chi connectivity index (χ2v) is 4.75. The molecule has 8 heteroatoms. The first-order chi connectivity index (χ1) is 11.8. The fraction of sp³-hybridized carbons (Fsp3) is 0.125. The minimum absolute atomic E-state index is 0.402. The minimum atomic E-state index is -0.402. The predicted octanol–water partition coefficient (Wildman–Crippen LogP) is 2.71. The Kier molecular flexibility index (Phi) is 4.66. The Morgan fingerprint density at radius 1 is 1.21 bits per heavy atom. The highest BCUT2D eigenvalue weighted by molar-refractivity contribution is 6.00. The van der Waals surface area contributed by atoms with Crippen molar-refractivity contribution >= 4 is 17.4 Å². The molecule has 3 aromatic rings. The molecule has 8 nitrogen and oxygen atoms in total. The Balaban J connectivity index is 1.65. The molecule has 2 heterocycles. The summed E-state index contributed by atoms with van der Waals surface area (Å²) in [7, 11) is 0. The molecular formula is C16H16N6O2. The lowest BCUT2D eigenvalue weighted by atomic mass is 10.3. The summed E-state index contributed by atoms with van der Waals surface area (Å²) in [6.07, 6.45) is 8.02. The number of anilines is 2. The van der Waals surface area contributed by atoms with Crippen molar-refractivity contribution in [3.63, 3.8) is 0 Å². The van der Waals surface area contributed by atoms with Gasteiger partial charge in [-0.25, -0.2) is 19.7 Å². The average Bonchev–Trinajstić information content (AvgIpc) is 3.12. The molecule has 0 radical (unpaired) electrons. The van der Waals surface area contributed by atoms with Crippen molar-refractivity contribution in [3.05, 3.63) is 55.4 Å². The molecule has 0 aliphatic rings. The zero-order chi connectivity index (χ0) is 16.8. The summed E-state index contributed by atoms with van der Waals surface area (Å²) in [4.78, 5) is 24.4. The topological polar surface area (TPSA) is 94.0 Å². The number of imidazole rings is 1. The van der Waals surface area contributed by atoms with Gasteiger partial charge in [-0.2, -0.15) is 0 Å². The first-order valence-corrected chi connectivity index (χ1v) is 7.36. The quantitative estimate of drug-likeness (QED) is 0.752. The van der Waals surface area contributed by atoms with Crippen LogP contribution in [0.4, 0.5) is 16.2 Å². The van der Waals surface area contributed by atoms with E-state index in [-0.39, 0.29) is 0 Å². The molecule has 24 heavy (non-hydrogen) atoms. The zero-order valence-electron chi connectivity index (χ0n) is 13.0. The fourth-order valence-corrected chi connectivity index (χ4v) is 2.03. The van der Waals surface area contributed by atoms with Crippen LogP contribution in [0.5, 0.6) is 5.75 Å². The third kappa shape index (κ3) is 3.67. The number of hydrogen-bond acceptors (Lipinski definition) is 5. The molecular weight excluding hydrogens is 308 g/mol. The number of rotatable bonds is 5. The number of ether oxygens (including phenoxy) is 1. The molecule has 0 aliphatic heterocycles. The summed E-state index contributed by atoms with van der Waals surface area (Å²) in [6, 6.07) is 6.82. The number of para-hydroxylation sites is 2. The van der Waals surface area contributed by atoms with Crippen LogP contribution in [0.1, 0.15) is 6.92 Å². The summed E-state index contributed by atoms with van der Waals surface area (Å²) in [5, 5.41) is 5.42. The largest absolute Gasteiger partial charge is 0.492 e. The Morgan fingerprint density at radius 3 is 2.71 bits per heavy atom. The van der Waals surface area contributed by atoms with Gasteiger partial charge in [-0.05, 0) is 19.1 Å². The van der Waals surface area contributed by atoms with Gasteiger partial charge in [-0.3, -0.25) is 4.57 Å². The number of urea groups is 1. The summed E-state index contributed by atoms with van der Waals surface area (Å²) in [5.41, 5.74) is 1.07. The van der Waals surface area contributed by atoms with Crippen LogP contribution in [0.2, 0.25) is 0 Å². The van der Waals surface area contributed by atoms with Crippen LogP contribution in [0.15, 0.2) is 55.4 Å². The number of hydrogen-bond donors (Lipinski definition) is 2. The van der Waals surface area contributed by atoms with Crippen LogP contribution >= 0.6 is 0 Å². The maximum Gasteiger partial charge on any atom is 0.323 e. The van der Waals surface area contributed by atoms with E-state index in [1.165, 1.54) is 12.4 Å². The fourth-order valence-electron chi connectivity index (χ4n) is 2.03. The van der Waals surface area contributed by atoms with Gasteiger partial charge in [0.15, 0.2) is 0 Å². The van der Waals surface area contributed by atoms with Crippen LogP contribution in [-0.2, 0) is 0 Å². The van der Waals surface area contributed by atoms with Gasteiger partial charge in [0, 0.05) is 12.4 Å². The van der Waals surface area contributed by atoms with Crippen molar-refractivity contribution in [1.82, 2.24) is 19.5 Å².